The summed E-state index contributed by atoms with van der Waals surface area (Å²) in [5, 5.41) is 13.7. The summed E-state index contributed by atoms with van der Waals surface area (Å²) in [4.78, 5) is 26.3. The Kier molecular flexibility index (Phi) is 5.00. The summed E-state index contributed by atoms with van der Waals surface area (Å²) in [6.07, 6.45) is 3.19. The van der Waals surface area contributed by atoms with Gasteiger partial charge >= 0.3 is 12.0 Å². The Bertz CT molecular complexity index is 457. The average Bonchev–Trinajstić information content (AvgIpc) is 3.12. The minimum atomic E-state index is -0.966. The summed E-state index contributed by atoms with van der Waals surface area (Å²) in [7, 11) is 0. The summed E-state index contributed by atoms with van der Waals surface area (Å²) >= 11 is 1.61. The van der Waals surface area contributed by atoms with Crippen LogP contribution in [0.3, 0.4) is 0 Å². The quantitative estimate of drug-likeness (QED) is 0.812. The molecule has 0 aromatic carbocycles. The van der Waals surface area contributed by atoms with Gasteiger partial charge in [-0.3, -0.25) is 0 Å². The minimum absolute atomic E-state index is 0.258. The van der Waals surface area contributed by atoms with E-state index >= 15 is 0 Å². The van der Waals surface area contributed by atoms with Crippen molar-refractivity contribution in [1.82, 2.24) is 10.2 Å². The molecule has 1 fully saturated rings. The van der Waals surface area contributed by atoms with Crippen LogP contribution in [-0.4, -0.2) is 34.1 Å². The summed E-state index contributed by atoms with van der Waals surface area (Å²) in [6, 6.07) is 3.15. The molecule has 2 rings (SSSR count). The molecule has 0 saturated heterocycles. The van der Waals surface area contributed by atoms with Crippen LogP contribution in [0.4, 0.5) is 4.79 Å². The molecular formula is C14H20N2O3S. The number of carbonyl (C=O) groups excluding carboxylic acids is 1. The standard InChI is InChI=1S/C14H20N2O3S/c1-2-4-12(13(17)18)15-14(19)16(10-6-7-10)9-11-5-3-8-20-11/h3,5,8,10,12H,2,4,6-7,9H2,1H3,(H,15,19)(H,17,18). The molecule has 1 aromatic heterocycles. The molecule has 2 N–H and O–H groups in total. The fourth-order valence-corrected chi connectivity index (χ4v) is 2.80. The predicted molar refractivity (Wildman–Crippen MR) is 77.7 cm³/mol. The van der Waals surface area contributed by atoms with Crippen molar-refractivity contribution < 1.29 is 14.7 Å². The van der Waals surface area contributed by atoms with Crippen molar-refractivity contribution in [3.05, 3.63) is 22.4 Å². The Morgan fingerprint density at radius 2 is 2.30 bits per heavy atom. The lowest BCUT2D eigenvalue weighted by Crippen LogP contribution is -2.48. The number of rotatable bonds is 7. The van der Waals surface area contributed by atoms with E-state index in [1.165, 1.54) is 0 Å². The van der Waals surface area contributed by atoms with Crippen LogP contribution in [0.1, 0.15) is 37.5 Å². The number of thiophene rings is 1. The van der Waals surface area contributed by atoms with Crippen molar-refractivity contribution >= 4 is 23.3 Å². The van der Waals surface area contributed by atoms with E-state index in [1.54, 1.807) is 16.2 Å². The molecule has 1 unspecified atom stereocenters. The average molecular weight is 296 g/mol. The lowest BCUT2D eigenvalue weighted by Gasteiger charge is -2.24. The second-order valence-electron chi connectivity index (χ2n) is 5.07. The van der Waals surface area contributed by atoms with Crippen LogP contribution in [0, 0.1) is 0 Å². The van der Waals surface area contributed by atoms with E-state index in [0.717, 1.165) is 24.1 Å². The lowest BCUT2D eigenvalue weighted by atomic mass is 10.2. The van der Waals surface area contributed by atoms with E-state index in [2.05, 4.69) is 5.32 Å². The number of urea groups is 1. The van der Waals surface area contributed by atoms with E-state index in [1.807, 2.05) is 24.4 Å². The summed E-state index contributed by atoms with van der Waals surface area (Å²) < 4.78 is 0. The third kappa shape index (κ3) is 3.96. The molecule has 110 valence electrons. The van der Waals surface area contributed by atoms with Gasteiger partial charge in [-0.1, -0.05) is 19.4 Å². The van der Waals surface area contributed by atoms with Crippen molar-refractivity contribution in [2.45, 2.75) is 51.2 Å². The van der Waals surface area contributed by atoms with Gasteiger partial charge in [0.25, 0.3) is 0 Å². The highest BCUT2D eigenvalue weighted by molar-refractivity contribution is 7.09. The maximum atomic E-state index is 12.3. The molecular weight excluding hydrogens is 276 g/mol. The zero-order valence-electron chi connectivity index (χ0n) is 11.5. The molecule has 1 aliphatic carbocycles. The number of amides is 2. The first-order valence-electron chi connectivity index (χ1n) is 6.94. The van der Waals surface area contributed by atoms with Gasteiger partial charge < -0.3 is 15.3 Å². The minimum Gasteiger partial charge on any atom is -0.480 e. The molecule has 20 heavy (non-hydrogen) atoms. The fourth-order valence-electron chi connectivity index (χ4n) is 2.10. The Balaban J connectivity index is 1.97. The lowest BCUT2D eigenvalue weighted by molar-refractivity contribution is -0.139. The largest absolute Gasteiger partial charge is 0.480 e. The van der Waals surface area contributed by atoms with Gasteiger partial charge in [0.1, 0.15) is 6.04 Å². The monoisotopic (exact) mass is 296 g/mol. The molecule has 0 spiro atoms. The number of carbonyl (C=O) groups is 2. The molecule has 6 heteroatoms. The number of nitrogens with one attached hydrogen (secondary N) is 1. The van der Waals surface area contributed by atoms with Gasteiger partial charge in [-0.15, -0.1) is 11.3 Å². The molecule has 0 aliphatic heterocycles. The Labute approximate surface area is 122 Å². The third-order valence-corrected chi connectivity index (χ3v) is 4.19. The highest BCUT2D eigenvalue weighted by Gasteiger charge is 2.34. The molecule has 2 amide bonds. The van der Waals surface area contributed by atoms with Crippen molar-refractivity contribution in [2.75, 3.05) is 0 Å². The number of hydrogen-bond donors (Lipinski definition) is 2. The van der Waals surface area contributed by atoms with E-state index < -0.39 is 12.0 Å². The predicted octanol–water partition coefficient (Wildman–Crippen LogP) is 2.68. The van der Waals surface area contributed by atoms with Crippen LogP contribution in [-0.2, 0) is 11.3 Å². The fraction of sp³-hybridized carbons (Fsp3) is 0.571. The molecule has 0 bridgehead atoms. The van der Waals surface area contributed by atoms with Crippen LogP contribution in [0.15, 0.2) is 17.5 Å². The Hall–Kier alpha value is -1.56. The summed E-state index contributed by atoms with van der Waals surface area (Å²) in [6.45, 7) is 2.47. The zero-order chi connectivity index (χ0) is 14.5. The van der Waals surface area contributed by atoms with Gasteiger partial charge in [0, 0.05) is 10.9 Å². The van der Waals surface area contributed by atoms with E-state index in [4.69, 9.17) is 5.11 Å². The third-order valence-electron chi connectivity index (χ3n) is 3.33. The van der Waals surface area contributed by atoms with E-state index in [-0.39, 0.29) is 12.1 Å². The van der Waals surface area contributed by atoms with Crippen LogP contribution >= 0.6 is 11.3 Å². The normalized spacial score (nSPS) is 15.7. The number of carboxylic acid groups (broad SMARTS) is 1. The first-order valence-corrected chi connectivity index (χ1v) is 7.82. The number of hydrogen-bond acceptors (Lipinski definition) is 3. The summed E-state index contributed by atoms with van der Waals surface area (Å²) in [5.74, 6) is -0.966. The smallest absolute Gasteiger partial charge is 0.326 e. The topological polar surface area (TPSA) is 69.6 Å². The van der Waals surface area contributed by atoms with Crippen molar-refractivity contribution in [3.63, 3.8) is 0 Å². The maximum absolute atomic E-state index is 12.3. The number of aliphatic carboxylic acids is 1. The highest BCUT2D eigenvalue weighted by Crippen LogP contribution is 2.29. The zero-order valence-corrected chi connectivity index (χ0v) is 12.4. The number of carboxylic acids is 1. The van der Waals surface area contributed by atoms with Gasteiger partial charge in [0.2, 0.25) is 0 Å². The van der Waals surface area contributed by atoms with Gasteiger partial charge in [0.15, 0.2) is 0 Å². The van der Waals surface area contributed by atoms with Gasteiger partial charge in [-0.2, -0.15) is 0 Å². The van der Waals surface area contributed by atoms with Gasteiger partial charge in [0.05, 0.1) is 6.54 Å². The molecule has 0 radical (unpaired) electrons. The molecule has 1 aromatic rings. The molecule has 1 heterocycles. The van der Waals surface area contributed by atoms with Crippen molar-refractivity contribution in [1.29, 1.82) is 0 Å². The van der Waals surface area contributed by atoms with Gasteiger partial charge in [-0.05, 0) is 30.7 Å². The Morgan fingerprint density at radius 3 is 2.80 bits per heavy atom. The second kappa shape index (κ2) is 6.74. The van der Waals surface area contributed by atoms with Crippen molar-refractivity contribution in [3.8, 4) is 0 Å². The first-order chi connectivity index (χ1) is 9.61. The molecule has 1 atom stereocenters. The van der Waals surface area contributed by atoms with Crippen LogP contribution < -0.4 is 5.32 Å². The molecule has 1 aliphatic rings. The molecule has 1 saturated carbocycles. The van der Waals surface area contributed by atoms with E-state index in [0.29, 0.717) is 13.0 Å². The SMILES string of the molecule is CCCC(NC(=O)N(Cc1cccs1)C1CC1)C(=O)O. The summed E-state index contributed by atoms with van der Waals surface area (Å²) in [5.41, 5.74) is 0. The number of nitrogens with zero attached hydrogens (tertiary/aromatic N) is 1. The highest BCUT2D eigenvalue weighted by atomic mass is 32.1. The van der Waals surface area contributed by atoms with Crippen LogP contribution in [0.5, 0.6) is 0 Å². The second-order valence-corrected chi connectivity index (χ2v) is 6.10. The van der Waals surface area contributed by atoms with Crippen molar-refractivity contribution in [2.24, 2.45) is 0 Å². The molecule has 5 nitrogen and oxygen atoms in total. The maximum Gasteiger partial charge on any atom is 0.326 e. The van der Waals surface area contributed by atoms with Crippen LogP contribution in [0.25, 0.3) is 0 Å². The first kappa shape index (κ1) is 14.8. The Morgan fingerprint density at radius 1 is 1.55 bits per heavy atom. The van der Waals surface area contributed by atoms with E-state index in [9.17, 15) is 9.59 Å². The van der Waals surface area contributed by atoms with Gasteiger partial charge in [-0.25, -0.2) is 9.59 Å². The van der Waals surface area contributed by atoms with Crippen LogP contribution in [0.2, 0.25) is 0 Å².